The van der Waals surface area contributed by atoms with Gasteiger partial charge in [-0.15, -0.1) is 0 Å². The summed E-state index contributed by atoms with van der Waals surface area (Å²) in [5.74, 6) is 6.70. The van der Waals surface area contributed by atoms with Crippen molar-refractivity contribution in [3.63, 3.8) is 0 Å². The number of nitrogens with zero attached hydrogens (tertiary/aromatic N) is 1. The lowest BCUT2D eigenvalue weighted by molar-refractivity contribution is -0.0399. The van der Waals surface area contributed by atoms with Gasteiger partial charge in [0.2, 0.25) is 0 Å². The first-order valence-electron chi connectivity index (χ1n) is 22.9. The summed E-state index contributed by atoms with van der Waals surface area (Å²) in [6.45, 7) is 0. The molecule has 284 valence electrons. The monoisotopic (exact) mass is 751 g/mol. The van der Waals surface area contributed by atoms with E-state index in [9.17, 15) is 0 Å². The molecule has 8 saturated carbocycles. The molecule has 0 N–H and O–H groups in total. The van der Waals surface area contributed by atoms with Gasteiger partial charge in [0.25, 0.3) is 0 Å². The fourth-order valence-electron chi connectivity index (χ4n) is 16.9. The van der Waals surface area contributed by atoms with Gasteiger partial charge in [0, 0.05) is 44.6 Å². The van der Waals surface area contributed by atoms with E-state index in [0.29, 0.717) is 0 Å². The zero-order valence-corrected chi connectivity index (χ0v) is 33.2. The molecule has 0 unspecified atom stereocenters. The van der Waals surface area contributed by atoms with Crippen molar-refractivity contribution in [1.29, 1.82) is 0 Å². The van der Waals surface area contributed by atoms with Crippen molar-refractivity contribution in [3.05, 3.63) is 150 Å². The number of hydrogen-bond donors (Lipinski definition) is 0. The Kier molecular flexibility index (Phi) is 6.01. The summed E-state index contributed by atoms with van der Waals surface area (Å²) in [6, 6.07) is 49.9. The van der Waals surface area contributed by atoms with E-state index in [4.69, 9.17) is 4.42 Å². The predicted octanol–water partition coefficient (Wildman–Crippen LogP) is 14.5. The molecular formula is C56H49NO. The highest BCUT2D eigenvalue weighted by atomic mass is 16.3. The number of hydrogen-bond acceptors (Lipinski definition) is 2. The maximum absolute atomic E-state index is 6.64. The minimum atomic E-state index is 0.118. The molecular weight excluding hydrogens is 703 g/mol. The third kappa shape index (κ3) is 3.75. The summed E-state index contributed by atoms with van der Waals surface area (Å²) in [5.41, 5.74) is 18.3. The molecule has 0 aliphatic heterocycles. The van der Waals surface area contributed by atoms with E-state index in [1.165, 1.54) is 114 Å². The molecule has 0 saturated heterocycles. The number of benzene rings is 6. The molecule has 8 bridgehead atoms. The second kappa shape index (κ2) is 10.9. The van der Waals surface area contributed by atoms with Gasteiger partial charge in [-0.25, -0.2) is 0 Å². The van der Waals surface area contributed by atoms with Crippen LogP contribution in [0, 0.1) is 47.3 Å². The van der Waals surface area contributed by atoms with Gasteiger partial charge < -0.3 is 9.32 Å². The Balaban J connectivity index is 0.979. The van der Waals surface area contributed by atoms with E-state index >= 15 is 0 Å². The van der Waals surface area contributed by atoms with Crippen molar-refractivity contribution in [1.82, 2.24) is 0 Å². The first-order valence-corrected chi connectivity index (χ1v) is 22.9. The van der Waals surface area contributed by atoms with Crippen LogP contribution in [0.3, 0.4) is 0 Å². The van der Waals surface area contributed by atoms with Crippen molar-refractivity contribution in [2.75, 3.05) is 4.90 Å². The minimum absolute atomic E-state index is 0.118. The van der Waals surface area contributed by atoms with Crippen LogP contribution in [0.1, 0.15) is 86.5 Å². The number of fused-ring (bicyclic) bond motifs is 9. The van der Waals surface area contributed by atoms with Crippen LogP contribution < -0.4 is 4.90 Å². The van der Waals surface area contributed by atoms with Gasteiger partial charge in [0.05, 0.1) is 5.69 Å². The minimum Gasteiger partial charge on any atom is -0.456 e. The highest BCUT2D eigenvalue weighted by Gasteiger charge is 2.63. The molecule has 6 aromatic carbocycles. The van der Waals surface area contributed by atoms with Gasteiger partial charge in [0.1, 0.15) is 11.2 Å². The zero-order chi connectivity index (χ0) is 37.5. The third-order valence-electron chi connectivity index (χ3n) is 18.2. The van der Waals surface area contributed by atoms with E-state index in [1.807, 2.05) is 0 Å². The van der Waals surface area contributed by atoms with Gasteiger partial charge in [-0.05, 0) is 187 Å². The maximum Gasteiger partial charge on any atom is 0.137 e. The van der Waals surface area contributed by atoms with E-state index in [-0.39, 0.29) is 10.8 Å². The lowest BCUT2D eigenvalue weighted by atomic mass is 9.43. The summed E-state index contributed by atoms with van der Waals surface area (Å²) < 4.78 is 6.64. The van der Waals surface area contributed by atoms with Gasteiger partial charge in [-0.2, -0.15) is 0 Å². The van der Waals surface area contributed by atoms with Crippen molar-refractivity contribution >= 4 is 39.0 Å². The summed E-state index contributed by atoms with van der Waals surface area (Å²) in [7, 11) is 0. The van der Waals surface area contributed by atoms with Crippen LogP contribution in [-0.2, 0) is 10.8 Å². The van der Waals surface area contributed by atoms with Crippen LogP contribution in [0.2, 0.25) is 0 Å². The lowest BCUT2D eigenvalue weighted by Crippen LogP contribution is -2.55. The van der Waals surface area contributed by atoms with Gasteiger partial charge >= 0.3 is 0 Å². The molecule has 0 amide bonds. The first-order chi connectivity index (χ1) is 28.7. The maximum atomic E-state index is 6.64. The Labute approximate surface area is 341 Å². The Morgan fingerprint density at radius 3 is 1.62 bits per heavy atom. The average molecular weight is 752 g/mol. The third-order valence-corrected chi connectivity index (χ3v) is 18.2. The summed E-state index contributed by atoms with van der Waals surface area (Å²) in [4.78, 5) is 2.63. The average Bonchev–Trinajstić information content (AvgIpc) is 3.87. The molecule has 7 aromatic rings. The van der Waals surface area contributed by atoms with E-state index in [1.54, 1.807) is 22.3 Å². The predicted molar refractivity (Wildman–Crippen MR) is 235 cm³/mol. The second-order valence-electron chi connectivity index (χ2n) is 20.5. The van der Waals surface area contributed by atoms with Crippen LogP contribution in [-0.4, -0.2) is 0 Å². The zero-order valence-electron chi connectivity index (χ0n) is 33.2. The van der Waals surface area contributed by atoms with Crippen LogP contribution in [0.4, 0.5) is 17.1 Å². The molecule has 1 aromatic heterocycles. The quantitative estimate of drug-likeness (QED) is 0.179. The van der Waals surface area contributed by atoms with Crippen molar-refractivity contribution in [2.45, 2.75) is 75.0 Å². The first kappa shape index (κ1) is 31.9. The Hall–Kier alpha value is -5.08. The molecule has 10 aliphatic rings. The molecule has 2 nitrogen and oxygen atoms in total. The van der Waals surface area contributed by atoms with Crippen LogP contribution >= 0.6 is 0 Å². The van der Waals surface area contributed by atoms with Crippen molar-refractivity contribution in [3.8, 4) is 22.3 Å². The van der Waals surface area contributed by atoms with Crippen LogP contribution in [0.25, 0.3) is 44.2 Å². The molecule has 2 spiro atoms. The fraction of sp³-hybridized carbons (Fsp3) is 0.357. The summed E-state index contributed by atoms with van der Waals surface area (Å²) in [6.07, 6.45) is 14.2. The molecule has 0 radical (unpaired) electrons. The molecule has 10 aliphatic carbocycles. The molecule has 1 heterocycles. The number of anilines is 3. The smallest absolute Gasteiger partial charge is 0.137 e. The fourth-order valence-corrected chi connectivity index (χ4v) is 16.9. The highest BCUT2D eigenvalue weighted by molar-refractivity contribution is 6.06. The lowest BCUT2D eigenvalue weighted by Gasteiger charge is -2.61. The number of furan rings is 1. The number of rotatable bonds is 3. The van der Waals surface area contributed by atoms with E-state index < -0.39 is 0 Å². The molecule has 0 atom stereocenters. The molecule has 8 fully saturated rings. The molecule has 2 heteroatoms. The number of para-hydroxylation sites is 1. The van der Waals surface area contributed by atoms with Crippen molar-refractivity contribution < 1.29 is 4.42 Å². The molecule has 58 heavy (non-hydrogen) atoms. The SMILES string of the molecule is c1ccc2c(c1)-c1cc(N(c3ccc4c(c3)oc3ccccc34)c3cccc4c3-c3ccccc3C43C4CC5CC(C4)CC3C5)ccc1C21C2CC3CC(C2)CC1C3. The van der Waals surface area contributed by atoms with Gasteiger partial charge in [-0.3, -0.25) is 0 Å². The van der Waals surface area contributed by atoms with Crippen LogP contribution in [0.15, 0.2) is 132 Å². The van der Waals surface area contributed by atoms with Crippen molar-refractivity contribution in [2.24, 2.45) is 47.3 Å². The summed E-state index contributed by atoms with van der Waals surface area (Å²) >= 11 is 0. The second-order valence-corrected chi connectivity index (χ2v) is 20.5. The summed E-state index contributed by atoms with van der Waals surface area (Å²) in [5, 5.41) is 2.37. The normalized spacial score (nSPS) is 33.7. The Morgan fingerprint density at radius 2 is 0.914 bits per heavy atom. The Morgan fingerprint density at radius 1 is 0.397 bits per heavy atom. The van der Waals surface area contributed by atoms with Gasteiger partial charge in [0.15, 0.2) is 0 Å². The van der Waals surface area contributed by atoms with Gasteiger partial charge in [-0.1, -0.05) is 84.9 Å². The van der Waals surface area contributed by atoms with E-state index in [2.05, 4.69) is 132 Å². The standard InChI is InChI=1S/C56H49NO/c1-4-11-47-42(8-1)46-30-40(17-19-49(46)55(47)36-22-32-20-33(24-36)25-37(55)23-32)57(41-16-18-44-43-9-3-6-15-52(43)58-53(44)31-41)51-14-7-13-50-54(51)45-10-2-5-12-48(45)56(50)38-26-34-21-35(28-38)29-39(56)27-34/h1-19,30-39H,20-29H2. The van der Waals surface area contributed by atoms with Crippen LogP contribution in [0.5, 0.6) is 0 Å². The van der Waals surface area contributed by atoms with E-state index in [0.717, 1.165) is 58.5 Å². The Bertz CT molecular complexity index is 2850. The largest absolute Gasteiger partial charge is 0.456 e. The molecule has 17 rings (SSSR count). The highest BCUT2D eigenvalue weighted by Crippen LogP contribution is 2.72. The topological polar surface area (TPSA) is 16.4 Å².